The molecule has 0 aliphatic heterocycles. The van der Waals surface area contributed by atoms with Gasteiger partial charge < -0.3 is 10.0 Å². The minimum absolute atomic E-state index is 0.0246. The number of carbonyl (C=O) groups is 1. The highest BCUT2D eigenvalue weighted by molar-refractivity contribution is 5.95. The first kappa shape index (κ1) is 12.7. The van der Waals surface area contributed by atoms with Crippen LogP contribution in [-0.4, -0.2) is 44.9 Å². The van der Waals surface area contributed by atoms with Crippen molar-refractivity contribution in [3.05, 3.63) is 17.5 Å². The van der Waals surface area contributed by atoms with E-state index < -0.39 is 0 Å². The fourth-order valence-corrected chi connectivity index (χ4v) is 1.67. The van der Waals surface area contributed by atoms with E-state index in [1.807, 2.05) is 20.8 Å². The second-order valence-electron chi connectivity index (χ2n) is 4.12. The Morgan fingerprint density at radius 2 is 2.25 bits per heavy atom. The molecule has 0 atom stereocenters. The van der Waals surface area contributed by atoms with Gasteiger partial charge in [0.15, 0.2) is 0 Å². The van der Waals surface area contributed by atoms with Gasteiger partial charge in [0.1, 0.15) is 0 Å². The molecule has 16 heavy (non-hydrogen) atoms. The Morgan fingerprint density at radius 1 is 1.62 bits per heavy atom. The van der Waals surface area contributed by atoms with Crippen molar-refractivity contribution in [1.29, 1.82) is 0 Å². The van der Waals surface area contributed by atoms with Crippen LogP contribution in [0.15, 0.2) is 6.20 Å². The van der Waals surface area contributed by atoms with E-state index in [0.717, 1.165) is 5.69 Å². The third-order valence-electron chi connectivity index (χ3n) is 2.47. The van der Waals surface area contributed by atoms with Gasteiger partial charge in [-0.15, -0.1) is 0 Å². The summed E-state index contributed by atoms with van der Waals surface area (Å²) in [7, 11) is 1.79. The van der Waals surface area contributed by atoms with Gasteiger partial charge in [-0.05, 0) is 20.8 Å². The number of amides is 1. The van der Waals surface area contributed by atoms with Gasteiger partial charge >= 0.3 is 0 Å². The third kappa shape index (κ3) is 2.61. The van der Waals surface area contributed by atoms with Gasteiger partial charge in [-0.1, -0.05) is 0 Å². The van der Waals surface area contributed by atoms with E-state index in [9.17, 15) is 4.79 Å². The molecule has 0 radical (unpaired) electrons. The summed E-state index contributed by atoms with van der Waals surface area (Å²) in [4.78, 5) is 13.8. The predicted molar refractivity (Wildman–Crippen MR) is 61.2 cm³/mol. The molecule has 0 saturated carbocycles. The highest BCUT2D eigenvalue weighted by atomic mass is 16.3. The van der Waals surface area contributed by atoms with E-state index >= 15 is 0 Å². The number of aromatic nitrogens is 2. The van der Waals surface area contributed by atoms with Crippen LogP contribution in [0.3, 0.4) is 0 Å². The van der Waals surface area contributed by atoms with E-state index in [1.165, 1.54) is 0 Å². The number of rotatable bonds is 4. The first-order valence-electron chi connectivity index (χ1n) is 5.39. The predicted octanol–water partition coefficient (Wildman–Crippen LogP) is 0.571. The zero-order valence-electron chi connectivity index (χ0n) is 10.3. The summed E-state index contributed by atoms with van der Waals surface area (Å²) in [5.74, 6) is -0.0744. The van der Waals surface area contributed by atoms with Crippen molar-refractivity contribution in [3.63, 3.8) is 0 Å². The molecule has 0 aromatic carbocycles. The SMILES string of the molecule is Cc1nn(C)cc1C(=O)N(CCO)C(C)C. The maximum Gasteiger partial charge on any atom is 0.257 e. The van der Waals surface area contributed by atoms with E-state index in [-0.39, 0.29) is 18.6 Å². The average molecular weight is 225 g/mol. The lowest BCUT2D eigenvalue weighted by atomic mass is 10.2. The Kier molecular flexibility index (Phi) is 4.06. The largest absolute Gasteiger partial charge is 0.395 e. The molecule has 0 saturated heterocycles. The van der Waals surface area contributed by atoms with Gasteiger partial charge in [-0.2, -0.15) is 5.10 Å². The van der Waals surface area contributed by atoms with Crippen LogP contribution in [0.2, 0.25) is 0 Å². The van der Waals surface area contributed by atoms with Crippen LogP contribution in [0.4, 0.5) is 0 Å². The topological polar surface area (TPSA) is 58.4 Å². The maximum atomic E-state index is 12.2. The van der Waals surface area contributed by atoms with Gasteiger partial charge in [0, 0.05) is 25.8 Å². The van der Waals surface area contributed by atoms with E-state index in [0.29, 0.717) is 12.1 Å². The molecule has 0 unspecified atom stereocenters. The van der Waals surface area contributed by atoms with E-state index in [1.54, 1.807) is 22.8 Å². The quantitative estimate of drug-likeness (QED) is 0.815. The lowest BCUT2D eigenvalue weighted by molar-refractivity contribution is 0.0664. The summed E-state index contributed by atoms with van der Waals surface area (Å²) in [5, 5.41) is 13.1. The zero-order valence-corrected chi connectivity index (χ0v) is 10.3. The zero-order chi connectivity index (χ0) is 12.3. The molecule has 0 bridgehead atoms. The number of hydrogen-bond donors (Lipinski definition) is 1. The molecule has 0 aliphatic rings. The number of aliphatic hydroxyl groups excluding tert-OH is 1. The van der Waals surface area contributed by atoms with E-state index in [2.05, 4.69) is 5.10 Å². The molecule has 1 aromatic heterocycles. The van der Waals surface area contributed by atoms with E-state index in [4.69, 9.17) is 5.11 Å². The maximum absolute atomic E-state index is 12.2. The summed E-state index contributed by atoms with van der Waals surface area (Å²) >= 11 is 0. The third-order valence-corrected chi connectivity index (χ3v) is 2.47. The molecule has 1 rings (SSSR count). The molecule has 1 amide bonds. The first-order chi connectivity index (χ1) is 7.47. The van der Waals surface area contributed by atoms with Crippen LogP contribution in [0.1, 0.15) is 29.9 Å². The fourth-order valence-electron chi connectivity index (χ4n) is 1.67. The van der Waals surface area contributed by atoms with Crippen molar-refractivity contribution in [1.82, 2.24) is 14.7 Å². The Balaban J connectivity index is 2.94. The van der Waals surface area contributed by atoms with Crippen molar-refractivity contribution in [2.24, 2.45) is 7.05 Å². The lowest BCUT2D eigenvalue weighted by Crippen LogP contribution is -2.39. The van der Waals surface area contributed by atoms with Gasteiger partial charge in [0.2, 0.25) is 0 Å². The molecule has 1 aromatic rings. The van der Waals surface area contributed by atoms with Crippen LogP contribution in [0.5, 0.6) is 0 Å². The Morgan fingerprint density at radius 3 is 2.62 bits per heavy atom. The first-order valence-corrected chi connectivity index (χ1v) is 5.39. The van der Waals surface area contributed by atoms with Crippen LogP contribution in [-0.2, 0) is 7.05 Å². The second-order valence-corrected chi connectivity index (χ2v) is 4.12. The van der Waals surface area contributed by atoms with Gasteiger partial charge in [0.05, 0.1) is 17.9 Å². The number of carbonyl (C=O) groups excluding carboxylic acids is 1. The molecule has 1 heterocycles. The normalized spacial score (nSPS) is 10.9. The van der Waals surface area contributed by atoms with Crippen molar-refractivity contribution in [2.75, 3.05) is 13.2 Å². The lowest BCUT2D eigenvalue weighted by Gasteiger charge is -2.25. The minimum Gasteiger partial charge on any atom is -0.395 e. The summed E-state index contributed by atoms with van der Waals surface area (Å²) in [6.45, 7) is 6.00. The number of aliphatic hydroxyl groups is 1. The summed E-state index contributed by atoms with van der Waals surface area (Å²) < 4.78 is 1.63. The Bertz CT molecular complexity index is 371. The second kappa shape index (κ2) is 5.12. The Hall–Kier alpha value is -1.36. The molecule has 90 valence electrons. The van der Waals surface area contributed by atoms with Crippen molar-refractivity contribution < 1.29 is 9.90 Å². The van der Waals surface area contributed by atoms with Crippen LogP contribution in [0, 0.1) is 6.92 Å². The van der Waals surface area contributed by atoms with Crippen LogP contribution in [0.25, 0.3) is 0 Å². The van der Waals surface area contributed by atoms with Crippen molar-refractivity contribution in [2.45, 2.75) is 26.8 Å². The molecule has 1 N–H and O–H groups in total. The monoisotopic (exact) mass is 225 g/mol. The standard InChI is InChI=1S/C11H19N3O2/c1-8(2)14(5-6-15)11(16)10-7-13(4)12-9(10)3/h7-8,15H,5-6H2,1-4H3. The van der Waals surface area contributed by atoms with Crippen LogP contribution < -0.4 is 0 Å². The molecular formula is C11H19N3O2. The van der Waals surface area contributed by atoms with Crippen molar-refractivity contribution >= 4 is 5.91 Å². The van der Waals surface area contributed by atoms with Crippen LogP contribution >= 0.6 is 0 Å². The van der Waals surface area contributed by atoms with Gasteiger partial charge in [0.25, 0.3) is 5.91 Å². The molecule has 0 fully saturated rings. The van der Waals surface area contributed by atoms with Gasteiger partial charge in [-0.25, -0.2) is 0 Å². The summed E-state index contributed by atoms with van der Waals surface area (Å²) in [6, 6.07) is 0.0688. The molecular weight excluding hydrogens is 206 g/mol. The molecule has 5 heteroatoms. The smallest absolute Gasteiger partial charge is 0.257 e. The highest BCUT2D eigenvalue weighted by Gasteiger charge is 2.21. The fraction of sp³-hybridized carbons (Fsp3) is 0.636. The highest BCUT2D eigenvalue weighted by Crippen LogP contribution is 2.11. The molecule has 0 aliphatic carbocycles. The number of aryl methyl sites for hydroxylation is 2. The average Bonchev–Trinajstić information content (AvgIpc) is 2.53. The Labute approximate surface area is 95.7 Å². The van der Waals surface area contributed by atoms with Crippen molar-refractivity contribution in [3.8, 4) is 0 Å². The summed E-state index contributed by atoms with van der Waals surface area (Å²) in [5.41, 5.74) is 1.32. The number of nitrogens with zero attached hydrogens (tertiary/aromatic N) is 3. The summed E-state index contributed by atoms with van der Waals surface area (Å²) in [6.07, 6.45) is 1.71. The number of hydrogen-bond acceptors (Lipinski definition) is 3. The minimum atomic E-state index is -0.0744. The van der Waals surface area contributed by atoms with Gasteiger partial charge in [-0.3, -0.25) is 9.48 Å². The molecule has 5 nitrogen and oxygen atoms in total. The molecule has 0 spiro atoms.